The molecule has 0 aliphatic carbocycles. The lowest BCUT2D eigenvalue weighted by atomic mass is 9.96. The van der Waals surface area contributed by atoms with E-state index >= 15 is 0 Å². The Kier molecular flexibility index (Phi) is 7.26. The van der Waals surface area contributed by atoms with E-state index in [1.807, 2.05) is 42.4 Å². The zero-order valence-electron chi connectivity index (χ0n) is 20.2. The van der Waals surface area contributed by atoms with Crippen LogP contribution in [0, 0.1) is 19.8 Å². The van der Waals surface area contributed by atoms with Gasteiger partial charge in [0, 0.05) is 59.1 Å². The van der Waals surface area contributed by atoms with Gasteiger partial charge in [-0.1, -0.05) is 0 Å². The molecular weight excluding hydrogens is 408 g/mol. The van der Waals surface area contributed by atoms with Gasteiger partial charge in [0.2, 0.25) is 5.91 Å². The van der Waals surface area contributed by atoms with E-state index in [0.29, 0.717) is 25.5 Å². The van der Waals surface area contributed by atoms with Gasteiger partial charge in [0.15, 0.2) is 0 Å². The Bertz CT molecular complexity index is 1100. The summed E-state index contributed by atoms with van der Waals surface area (Å²) >= 11 is 0. The second-order valence-electron chi connectivity index (χ2n) is 8.85. The van der Waals surface area contributed by atoms with Crippen molar-refractivity contribution in [2.75, 3.05) is 31.6 Å². The fourth-order valence-electron chi connectivity index (χ4n) is 4.70. The molecule has 32 heavy (non-hydrogen) atoms. The van der Waals surface area contributed by atoms with Gasteiger partial charge in [0.25, 0.3) is 5.56 Å². The molecule has 1 amide bonds. The molecule has 3 heterocycles. The minimum Gasteiger partial charge on any atom is -0.357 e. The lowest BCUT2D eigenvalue weighted by molar-refractivity contribution is -0.134. The van der Waals surface area contributed by atoms with Crippen LogP contribution in [0.2, 0.25) is 0 Å². The summed E-state index contributed by atoms with van der Waals surface area (Å²) in [4.78, 5) is 41.7. The Morgan fingerprint density at radius 3 is 2.59 bits per heavy atom. The van der Waals surface area contributed by atoms with E-state index in [2.05, 4.69) is 12.0 Å². The van der Waals surface area contributed by atoms with Gasteiger partial charge >= 0.3 is 5.69 Å². The zero-order chi connectivity index (χ0) is 23.6. The van der Waals surface area contributed by atoms with Gasteiger partial charge in [-0.2, -0.15) is 5.10 Å². The summed E-state index contributed by atoms with van der Waals surface area (Å²) in [6.45, 7) is 8.42. The van der Waals surface area contributed by atoms with Crippen LogP contribution >= 0.6 is 0 Å². The number of piperidine rings is 1. The van der Waals surface area contributed by atoms with E-state index in [1.165, 1.54) is 24.4 Å². The second-order valence-corrected chi connectivity index (χ2v) is 8.85. The Labute approximate surface area is 189 Å². The van der Waals surface area contributed by atoms with Crippen LogP contribution in [0.4, 0.5) is 5.82 Å². The lowest BCUT2D eigenvalue weighted by Gasteiger charge is -2.36. The van der Waals surface area contributed by atoms with Crippen LogP contribution in [0.3, 0.4) is 0 Å². The zero-order valence-corrected chi connectivity index (χ0v) is 20.2. The number of carbonyl (C=O) groups excluding carboxylic acids is 1. The van der Waals surface area contributed by atoms with E-state index in [9.17, 15) is 14.4 Å². The molecule has 2 aromatic heterocycles. The van der Waals surface area contributed by atoms with Crippen LogP contribution in [0.15, 0.2) is 15.7 Å². The molecule has 2 aromatic rings. The molecule has 0 saturated carbocycles. The smallest absolute Gasteiger partial charge is 0.332 e. The summed E-state index contributed by atoms with van der Waals surface area (Å²) in [5.74, 6) is 0.604. The first-order valence-electron chi connectivity index (χ1n) is 11.5. The van der Waals surface area contributed by atoms with E-state index < -0.39 is 0 Å². The summed E-state index contributed by atoms with van der Waals surface area (Å²) in [6, 6.07) is 1.51. The molecule has 9 heteroatoms. The van der Waals surface area contributed by atoms with Gasteiger partial charge in [-0.3, -0.25) is 23.4 Å². The number of rotatable bonds is 7. The Morgan fingerprint density at radius 2 is 1.97 bits per heavy atom. The highest BCUT2D eigenvalue weighted by Crippen LogP contribution is 2.23. The maximum absolute atomic E-state index is 13.1. The number of aromatic nitrogens is 4. The molecule has 1 unspecified atom stereocenters. The Morgan fingerprint density at radius 1 is 1.25 bits per heavy atom. The highest BCUT2D eigenvalue weighted by atomic mass is 16.2. The fourth-order valence-corrected chi connectivity index (χ4v) is 4.70. The quantitative estimate of drug-likeness (QED) is 0.641. The van der Waals surface area contributed by atoms with Crippen molar-refractivity contribution in [3.8, 4) is 0 Å². The van der Waals surface area contributed by atoms with Crippen molar-refractivity contribution in [2.24, 2.45) is 20.0 Å². The molecule has 3 rings (SSSR count). The maximum Gasteiger partial charge on any atom is 0.332 e. The van der Waals surface area contributed by atoms with Crippen molar-refractivity contribution in [2.45, 2.75) is 53.0 Å². The third-order valence-electron chi connectivity index (χ3n) is 6.74. The van der Waals surface area contributed by atoms with Crippen LogP contribution in [0.1, 0.15) is 43.1 Å². The summed E-state index contributed by atoms with van der Waals surface area (Å²) in [6.07, 6.45) is 3.46. The number of anilines is 1. The molecule has 0 aromatic carbocycles. The first-order chi connectivity index (χ1) is 15.1. The van der Waals surface area contributed by atoms with E-state index in [4.69, 9.17) is 0 Å². The lowest BCUT2D eigenvalue weighted by Crippen LogP contribution is -2.47. The molecule has 1 aliphatic rings. The number of hydrogen-bond acceptors (Lipinski definition) is 5. The van der Waals surface area contributed by atoms with E-state index in [-0.39, 0.29) is 23.1 Å². The standard InChI is InChI=1S/C23H36N6O3/c1-7-29-20(14-21(30)26(5)23(29)32)28-13-8-10-18(15-28)22(31)25(4)12-9-11-19-16(2)24-27(6)17(19)3/h14,18H,7-13,15H2,1-6H3. The highest BCUT2D eigenvalue weighted by molar-refractivity contribution is 5.79. The number of carbonyl (C=O) groups is 1. The average molecular weight is 445 g/mol. The molecule has 176 valence electrons. The van der Waals surface area contributed by atoms with Gasteiger partial charge in [-0.15, -0.1) is 0 Å². The third-order valence-corrected chi connectivity index (χ3v) is 6.74. The molecule has 1 atom stereocenters. The van der Waals surface area contributed by atoms with E-state index in [1.54, 1.807) is 4.57 Å². The fraction of sp³-hybridized carbons (Fsp3) is 0.652. The molecule has 1 aliphatic heterocycles. The van der Waals surface area contributed by atoms with Crippen LogP contribution in [-0.2, 0) is 31.9 Å². The average Bonchev–Trinajstić information content (AvgIpc) is 3.02. The molecule has 0 spiro atoms. The van der Waals surface area contributed by atoms with Crippen molar-refractivity contribution in [3.05, 3.63) is 43.9 Å². The number of aryl methyl sites for hydroxylation is 2. The first-order valence-corrected chi connectivity index (χ1v) is 11.5. The molecule has 9 nitrogen and oxygen atoms in total. The SMILES string of the molecule is CCn1c(N2CCCC(C(=O)N(C)CCCc3c(C)nn(C)c3C)C2)cc(=O)n(C)c1=O. The molecule has 1 saturated heterocycles. The monoisotopic (exact) mass is 444 g/mol. The topological polar surface area (TPSA) is 85.4 Å². The predicted octanol–water partition coefficient (Wildman–Crippen LogP) is 1.22. The predicted molar refractivity (Wildman–Crippen MR) is 125 cm³/mol. The van der Waals surface area contributed by atoms with Gasteiger partial charge < -0.3 is 9.80 Å². The van der Waals surface area contributed by atoms with E-state index in [0.717, 1.165) is 42.5 Å². The first kappa shape index (κ1) is 23.8. The van der Waals surface area contributed by atoms with Gasteiger partial charge in [-0.25, -0.2) is 4.79 Å². The Balaban J connectivity index is 1.65. The van der Waals surface area contributed by atoms with Crippen molar-refractivity contribution >= 4 is 11.7 Å². The van der Waals surface area contributed by atoms with Gasteiger partial charge in [-0.05, 0) is 52.0 Å². The van der Waals surface area contributed by atoms with Crippen LogP contribution in [-0.4, -0.2) is 56.4 Å². The van der Waals surface area contributed by atoms with Crippen molar-refractivity contribution < 1.29 is 4.79 Å². The van der Waals surface area contributed by atoms with Crippen molar-refractivity contribution in [1.82, 2.24) is 23.8 Å². The van der Waals surface area contributed by atoms with Gasteiger partial charge in [0.05, 0.1) is 11.6 Å². The molecule has 0 radical (unpaired) electrons. The molecular formula is C23H36N6O3. The molecule has 0 bridgehead atoms. The largest absolute Gasteiger partial charge is 0.357 e. The Hall–Kier alpha value is -2.84. The minimum atomic E-state index is -0.318. The summed E-state index contributed by atoms with van der Waals surface area (Å²) in [5.41, 5.74) is 2.86. The maximum atomic E-state index is 13.1. The molecule has 1 fully saturated rings. The second kappa shape index (κ2) is 9.75. The summed E-state index contributed by atoms with van der Waals surface area (Å²) < 4.78 is 4.64. The number of amides is 1. The molecule has 0 N–H and O–H groups in total. The van der Waals surface area contributed by atoms with Crippen molar-refractivity contribution in [1.29, 1.82) is 0 Å². The third kappa shape index (κ3) is 4.66. The summed E-state index contributed by atoms with van der Waals surface area (Å²) in [7, 11) is 5.31. The van der Waals surface area contributed by atoms with Crippen molar-refractivity contribution in [3.63, 3.8) is 0 Å². The summed E-state index contributed by atoms with van der Waals surface area (Å²) in [5, 5.41) is 4.47. The number of hydrogen-bond donors (Lipinski definition) is 0. The van der Waals surface area contributed by atoms with Crippen LogP contribution in [0.25, 0.3) is 0 Å². The van der Waals surface area contributed by atoms with Crippen LogP contribution < -0.4 is 16.1 Å². The highest BCUT2D eigenvalue weighted by Gasteiger charge is 2.29. The number of nitrogens with zero attached hydrogens (tertiary/aromatic N) is 6. The normalized spacial score (nSPS) is 16.4. The van der Waals surface area contributed by atoms with Gasteiger partial charge in [0.1, 0.15) is 5.82 Å². The minimum absolute atomic E-state index is 0.128. The van der Waals surface area contributed by atoms with Crippen LogP contribution in [0.5, 0.6) is 0 Å².